The highest BCUT2D eigenvalue weighted by Gasteiger charge is 2.17. The molecule has 1 atom stereocenters. The quantitative estimate of drug-likeness (QED) is 0.153. The molecule has 2 N–H and O–H groups in total. The molecule has 204 valence electrons. The first-order valence-electron chi connectivity index (χ1n) is 12.1. The highest BCUT2D eigenvalue weighted by Crippen LogP contribution is 2.37. The lowest BCUT2D eigenvalue weighted by Crippen LogP contribution is -2.22. The number of nitrogens with zero attached hydrogens (tertiary/aromatic N) is 2. The number of benzene rings is 3. The van der Waals surface area contributed by atoms with Crippen molar-refractivity contribution in [1.29, 1.82) is 0 Å². The number of nitrogens with one attached hydrogen (secondary N) is 2. The van der Waals surface area contributed by atoms with Crippen LogP contribution in [0.2, 0.25) is 5.02 Å². The molecular formula is C30H20ClF2N4O3P. The predicted octanol–water partition coefficient (Wildman–Crippen LogP) is 7.37. The molecule has 0 radical (unpaired) electrons. The Morgan fingerprint density at radius 3 is 2.46 bits per heavy atom. The lowest BCUT2D eigenvalue weighted by molar-refractivity contribution is 0.102. The van der Waals surface area contributed by atoms with Crippen molar-refractivity contribution < 1.29 is 18.3 Å². The maximum atomic E-state index is 15.0. The fourth-order valence-electron chi connectivity index (χ4n) is 3.84. The standard InChI is InChI=1S/C30H20ClF2N4O3P/c31-26-25(12-13-35-28(26)37-30(41)18-4-2-1-3-5-18)40-24-11-10-20(14-23(24)33)36-29(39)22-16-34-15-21(27(22)38)17-6-8-19(32)9-7-17/h1-16H,41H2,(H,34,38)(H,36,39)/b37-30-. The number of anilines is 1. The Morgan fingerprint density at radius 2 is 1.73 bits per heavy atom. The molecule has 7 nitrogen and oxygen atoms in total. The van der Waals surface area contributed by atoms with Crippen LogP contribution in [0.5, 0.6) is 11.5 Å². The van der Waals surface area contributed by atoms with E-state index in [0.29, 0.717) is 11.0 Å². The van der Waals surface area contributed by atoms with Gasteiger partial charge in [0, 0.05) is 42.0 Å². The molecule has 5 aromatic rings. The SMILES string of the molecule is O=C(Nc1ccc(Oc2ccnc(/N=C(\P)c3ccccc3)c2Cl)c(F)c1)c1c[nH]cc(-c2ccc(F)cc2)c1=O. The van der Waals surface area contributed by atoms with Gasteiger partial charge in [-0.1, -0.05) is 63.3 Å². The minimum absolute atomic E-state index is 0.0837. The van der Waals surface area contributed by atoms with Crippen molar-refractivity contribution in [2.75, 3.05) is 5.32 Å². The molecule has 41 heavy (non-hydrogen) atoms. The van der Waals surface area contributed by atoms with Gasteiger partial charge >= 0.3 is 0 Å². The number of amides is 1. The van der Waals surface area contributed by atoms with Crippen molar-refractivity contribution >= 4 is 43.7 Å². The Kier molecular flexibility index (Phi) is 8.29. The van der Waals surface area contributed by atoms with Gasteiger partial charge in [-0.2, -0.15) is 0 Å². The maximum absolute atomic E-state index is 15.0. The van der Waals surface area contributed by atoms with Gasteiger partial charge in [0.15, 0.2) is 23.1 Å². The summed E-state index contributed by atoms with van der Waals surface area (Å²) >= 11 is 6.46. The number of H-pyrrole nitrogens is 1. The number of pyridine rings is 2. The van der Waals surface area contributed by atoms with Crippen molar-refractivity contribution in [3.05, 3.63) is 135 Å². The molecule has 0 spiro atoms. The highest BCUT2D eigenvalue weighted by molar-refractivity contribution is 7.42. The molecule has 2 heterocycles. The van der Waals surface area contributed by atoms with E-state index in [0.717, 1.165) is 11.6 Å². The first-order valence-corrected chi connectivity index (χ1v) is 13.1. The summed E-state index contributed by atoms with van der Waals surface area (Å²) in [4.78, 5) is 37.1. The van der Waals surface area contributed by atoms with Crippen LogP contribution >= 0.6 is 20.8 Å². The number of aromatic nitrogens is 2. The molecule has 5 rings (SSSR count). The summed E-state index contributed by atoms with van der Waals surface area (Å²) in [6, 6.07) is 20.0. The number of aromatic amines is 1. The van der Waals surface area contributed by atoms with Crippen LogP contribution < -0.4 is 15.5 Å². The Morgan fingerprint density at radius 1 is 0.976 bits per heavy atom. The minimum atomic E-state index is -0.786. The molecule has 0 saturated heterocycles. The summed E-state index contributed by atoms with van der Waals surface area (Å²) in [5.41, 5.74) is 1.40. The number of aliphatic imine (C=N–C) groups is 1. The van der Waals surface area contributed by atoms with E-state index in [4.69, 9.17) is 16.3 Å². The third kappa shape index (κ3) is 6.38. The molecule has 1 amide bonds. The smallest absolute Gasteiger partial charge is 0.261 e. The van der Waals surface area contributed by atoms with Gasteiger partial charge in [-0.15, -0.1) is 0 Å². The van der Waals surface area contributed by atoms with Gasteiger partial charge in [0.25, 0.3) is 5.91 Å². The molecular weight excluding hydrogens is 569 g/mol. The van der Waals surface area contributed by atoms with E-state index in [-0.39, 0.29) is 39.2 Å². The van der Waals surface area contributed by atoms with Crippen molar-refractivity contribution in [2.24, 2.45) is 4.99 Å². The zero-order valence-electron chi connectivity index (χ0n) is 21.1. The average Bonchev–Trinajstić information content (AvgIpc) is 2.97. The summed E-state index contributed by atoms with van der Waals surface area (Å²) in [6.07, 6.45) is 4.09. The molecule has 0 aliphatic heterocycles. The van der Waals surface area contributed by atoms with Crippen LogP contribution in [-0.2, 0) is 0 Å². The largest absolute Gasteiger partial charge is 0.453 e. The van der Waals surface area contributed by atoms with Gasteiger partial charge in [-0.25, -0.2) is 18.8 Å². The van der Waals surface area contributed by atoms with Gasteiger partial charge in [-0.3, -0.25) is 9.59 Å². The number of carbonyl (C=O) groups is 1. The van der Waals surface area contributed by atoms with Crippen molar-refractivity contribution in [3.63, 3.8) is 0 Å². The van der Waals surface area contributed by atoms with E-state index in [1.54, 1.807) is 0 Å². The van der Waals surface area contributed by atoms with Crippen molar-refractivity contribution in [3.8, 4) is 22.6 Å². The maximum Gasteiger partial charge on any atom is 0.261 e. The van der Waals surface area contributed by atoms with E-state index in [2.05, 4.69) is 29.5 Å². The summed E-state index contributed by atoms with van der Waals surface area (Å²) in [6.45, 7) is 0. The first-order chi connectivity index (χ1) is 19.8. The molecule has 0 bridgehead atoms. The molecule has 0 aliphatic rings. The minimum Gasteiger partial charge on any atom is -0.453 e. The van der Waals surface area contributed by atoms with Crippen LogP contribution in [0.15, 0.2) is 107 Å². The number of ether oxygens (including phenoxy) is 1. The van der Waals surface area contributed by atoms with E-state index in [1.807, 2.05) is 30.3 Å². The van der Waals surface area contributed by atoms with Gasteiger partial charge in [0.1, 0.15) is 16.4 Å². The molecule has 0 fully saturated rings. The number of rotatable bonds is 7. The molecule has 11 heteroatoms. The van der Waals surface area contributed by atoms with Crippen molar-refractivity contribution in [2.45, 2.75) is 0 Å². The van der Waals surface area contributed by atoms with E-state index in [1.165, 1.54) is 61.1 Å². The van der Waals surface area contributed by atoms with Gasteiger partial charge in [-0.05, 0) is 35.4 Å². The summed E-state index contributed by atoms with van der Waals surface area (Å²) in [5.74, 6) is -1.83. The van der Waals surface area contributed by atoms with Gasteiger partial charge in [0.2, 0.25) is 5.43 Å². The molecule has 1 unspecified atom stereocenters. The number of carbonyl (C=O) groups excluding carboxylic acids is 1. The summed E-state index contributed by atoms with van der Waals surface area (Å²) in [5, 5.41) is 2.59. The number of halogens is 3. The van der Waals surface area contributed by atoms with Crippen LogP contribution in [0.4, 0.5) is 20.3 Å². The first kappa shape index (κ1) is 27.8. The lowest BCUT2D eigenvalue weighted by Gasteiger charge is -2.11. The topological polar surface area (TPSA) is 96.4 Å². The predicted molar refractivity (Wildman–Crippen MR) is 158 cm³/mol. The Bertz CT molecular complexity index is 1830. The second kappa shape index (κ2) is 12.2. The zero-order chi connectivity index (χ0) is 28.9. The van der Waals surface area contributed by atoms with Crippen LogP contribution in [0.1, 0.15) is 15.9 Å². The van der Waals surface area contributed by atoms with Gasteiger partial charge < -0.3 is 15.0 Å². The summed E-state index contributed by atoms with van der Waals surface area (Å²) < 4.78 is 33.9. The molecule has 0 saturated carbocycles. The van der Waals surface area contributed by atoms with Crippen LogP contribution in [0.25, 0.3) is 11.1 Å². The third-order valence-electron chi connectivity index (χ3n) is 5.89. The zero-order valence-corrected chi connectivity index (χ0v) is 23.0. The van der Waals surface area contributed by atoms with Crippen LogP contribution in [-0.4, -0.2) is 21.3 Å². The highest BCUT2D eigenvalue weighted by atomic mass is 35.5. The fraction of sp³-hybridized carbons (Fsp3) is 0. The average molecular weight is 589 g/mol. The molecule has 3 aromatic carbocycles. The summed E-state index contributed by atoms with van der Waals surface area (Å²) in [7, 11) is 2.53. The van der Waals surface area contributed by atoms with Crippen LogP contribution in [0, 0.1) is 11.6 Å². The molecule has 0 aliphatic carbocycles. The third-order valence-corrected chi connectivity index (χ3v) is 6.70. The Balaban J connectivity index is 1.33. The second-order valence-electron chi connectivity index (χ2n) is 8.63. The van der Waals surface area contributed by atoms with E-state index in [9.17, 15) is 18.4 Å². The second-order valence-corrected chi connectivity index (χ2v) is 9.55. The monoisotopic (exact) mass is 588 g/mol. The lowest BCUT2D eigenvalue weighted by atomic mass is 10.0. The van der Waals surface area contributed by atoms with Crippen molar-refractivity contribution in [1.82, 2.24) is 9.97 Å². The van der Waals surface area contributed by atoms with Crippen LogP contribution in [0.3, 0.4) is 0 Å². The normalized spacial score (nSPS) is 11.3. The van der Waals surface area contributed by atoms with E-state index < -0.39 is 23.0 Å². The fourth-order valence-corrected chi connectivity index (χ4v) is 4.34. The number of hydrogen-bond acceptors (Lipinski definition) is 5. The van der Waals surface area contributed by atoms with Gasteiger partial charge in [0.05, 0.1) is 5.45 Å². The Labute approximate surface area is 240 Å². The Hall–Kier alpha value is -4.72. The number of hydrogen-bond donors (Lipinski definition) is 2. The molecule has 2 aromatic heterocycles. The van der Waals surface area contributed by atoms with E-state index >= 15 is 0 Å².